The predicted octanol–water partition coefficient (Wildman–Crippen LogP) is 3.09. The Morgan fingerprint density at radius 1 is 1.00 bits per heavy atom. The van der Waals surface area contributed by atoms with E-state index in [0.29, 0.717) is 18.7 Å². The second-order valence-corrected chi connectivity index (χ2v) is 10.5. The molecule has 4 rings (SSSR count). The Hall–Kier alpha value is -2.22. The van der Waals surface area contributed by atoms with Crippen LogP contribution in [0.1, 0.15) is 46.3 Å². The number of aryl methyl sites for hydroxylation is 2. The molecule has 1 saturated heterocycles. The zero-order chi connectivity index (χ0) is 22.0. The fourth-order valence-electron chi connectivity index (χ4n) is 3.94. The molecule has 0 aromatic heterocycles. The van der Waals surface area contributed by atoms with Gasteiger partial charge in [-0.05, 0) is 56.4 Å². The Morgan fingerprint density at radius 2 is 1.74 bits per heavy atom. The first-order valence-electron chi connectivity index (χ1n) is 11.0. The maximum absolute atomic E-state index is 13.3. The van der Waals surface area contributed by atoms with Crippen LogP contribution in [0.3, 0.4) is 0 Å². The molecule has 1 aliphatic carbocycles. The minimum Gasteiger partial charge on any atom is -0.337 e. The van der Waals surface area contributed by atoms with Gasteiger partial charge in [-0.2, -0.15) is 0 Å². The van der Waals surface area contributed by atoms with Gasteiger partial charge in [0.2, 0.25) is 10.0 Å². The molecule has 0 spiro atoms. The molecule has 0 atom stereocenters. The van der Waals surface area contributed by atoms with Crippen LogP contribution in [-0.4, -0.2) is 56.3 Å². The van der Waals surface area contributed by atoms with Gasteiger partial charge in [-0.15, -0.1) is 0 Å². The predicted molar refractivity (Wildman–Crippen MR) is 121 cm³/mol. The van der Waals surface area contributed by atoms with Crippen LogP contribution < -0.4 is 4.72 Å². The van der Waals surface area contributed by atoms with Crippen LogP contribution >= 0.6 is 0 Å². The summed E-state index contributed by atoms with van der Waals surface area (Å²) in [5.74, 6) is -0.0850. The van der Waals surface area contributed by atoms with E-state index in [0.717, 1.165) is 44.5 Å². The first-order chi connectivity index (χ1) is 14.8. The van der Waals surface area contributed by atoms with Crippen LogP contribution in [-0.2, 0) is 16.6 Å². The smallest absolute Gasteiger partial charge is 0.254 e. The molecule has 1 heterocycles. The zero-order valence-electron chi connectivity index (χ0n) is 18.3. The van der Waals surface area contributed by atoms with Crippen LogP contribution in [0.15, 0.2) is 47.4 Å². The Balaban J connectivity index is 1.44. The third-order valence-electron chi connectivity index (χ3n) is 6.05. The summed E-state index contributed by atoms with van der Waals surface area (Å²) in [7, 11) is -3.58. The van der Waals surface area contributed by atoms with Gasteiger partial charge in [0.1, 0.15) is 0 Å². The first-order valence-corrected chi connectivity index (χ1v) is 12.5. The van der Waals surface area contributed by atoms with Crippen LogP contribution in [0.4, 0.5) is 0 Å². The lowest BCUT2D eigenvalue weighted by Gasteiger charge is -2.23. The molecule has 0 radical (unpaired) electrons. The van der Waals surface area contributed by atoms with Crippen molar-refractivity contribution < 1.29 is 13.2 Å². The molecule has 0 bridgehead atoms. The summed E-state index contributed by atoms with van der Waals surface area (Å²) in [6, 6.07) is 13.5. The van der Waals surface area contributed by atoms with E-state index in [-0.39, 0.29) is 16.8 Å². The highest BCUT2D eigenvalue weighted by molar-refractivity contribution is 7.89. The molecule has 7 heteroatoms. The maximum atomic E-state index is 13.3. The normalized spacial score (nSPS) is 18.1. The van der Waals surface area contributed by atoms with Crippen molar-refractivity contribution in [2.45, 2.75) is 50.6 Å². The summed E-state index contributed by atoms with van der Waals surface area (Å²) in [5.41, 5.74) is 3.81. The summed E-state index contributed by atoms with van der Waals surface area (Å²) in [6.07, 6.45) is 2.66. The third-order valence-corrected chi connectivity index (χ3v) is 7.57. The number of carbonyl (C=O) groups is 1. The monoisotopic (exact) mass is 441 g/mol. The number of hydrogen-bond acceptors (Lipinski definition) is 4. The van der Waals surface area contributed by atoms with E-state index in [9.17, 15) is 13.2 Å². The van der Waals surface area contributed by atoms with E-state index in [4.69, 9.17) is 0 Å². The zero-order valence-corrected chi connectivity index (χ0v) is 19.1. The second-order valence-electron chi connectivity index (χ2n) is 8.78. The van der Waals surface area contributed by atoms with Crippen molar-refractivity contribution in [3.63, 3.8) is 0 Å². The quantitative estimate of drug-likeness (QED) is 0.748. The van der Waals surface area contributed by atoms with Gasteiger partial charge in [-0.3, -0.25) is 9.69 Å². The highest BCUT2D eigenvalue weighted by atomic mass is 32.2. The van der Waals surface area contributed by atoms with Gasteiger partial charge < -0.3 is 4.90 Å². The SMILES string of the molecule is Cc1ccc(CN2CCCN(C(=O)c3cc(S(=O)(=O)NC4CC4)ccc3C)CC2)cc1. The molecule has 1 aliphatic heterocycles. The minimum atomic E-state index is -3.58. The number of benzene rings is 2. The Labute approximate surface area is 185 Å². The van der Waals surface area contributed by atoms with Gasteiger partial charge in [-0.1, -0.05) is 35.9 Å². The van der Waals surface area contributed by atoms with Crippen LogP contribution in [0.2, 0.25) is 0 Å². The summed E-state index contributed by atoms with van der Waals surface area (Å²) >= 11 is 0. The molecule has 0 unspecified atom stereocenters. The van der Waals surface area contributed by atoms with Gasteiger partial charge in [0.15, 0.2) is 0 Å². The summed E-state index contributed by atoms with van der Waals surface area (Å²) in [5, 5.41) is 0. The largest absolute Gasteiger partial charge is 0.337 e. The number of sulfonamides is 1. The summed E-state index contributed by atoms with van der Waals surface area (Å²) in [4.78, 5) is 17.7. The Morgan fingerprint density at radius 3 is 2.45 bits per heavy atom. The molecule has 166 valence electrons. The van der Waals surface area contributed by atoms with Gasteiger partial charge >= 0.3 is 0 Å². The van der Waals surface area contributed by atoms with Crippen LogP contribution in [0.25, 0.3) is 0 Å². The van der Waals surface area contributed by atoms with E-state index in [1.165, 1.54) is 17.2 Å². The van der Waals surface area contributed by atoms with Crippen molar-refractivity contribution in [2.75, 3.05) is 26.2 Å². The van der Waals surface area contributed by atoms with Crippen molar-refractivity contribution in [3.8, 4) is 0 Å². The van der Waals surface area contributed by atoms with Crippen molar-refractivity contribution >= 4 is 15.9 Å². The second kappa shape index (κ2) is 9.10. The third kappa shape index (κ3) is 5.53. The van der Waals surface area contributed by atoms with Crippen molar-refractivity contribution in [1.29, 1.82) is 0 Å². The van der Waals surface area contributed by atoms with Crippen molar-refractivity contribution in [2.24, 2.45) is 0 Å². The molecule has 1 N–H and O–H groups in total. The number of carbonyl (C=O) groups excluding carboxylic acids is 1. The molecule has 6 nitrogen and oxygen atoms in total. The molecule has 31 heavy (non-hydrogen) atoms. The molecule has 2 aromatic carbocycles. The van der Waals surface area contributed by atoms with E-state index < -0.39 is 10.0 Å². The number of nitrogens with one attached hydrogen (secondary N) is 1. The minimum absolute atomic E-state index is 0.0376. The average molecular weight is 442 g/mol. The summed E-state index contributed by atoms with van der Waals surface area (Å²) < 4.78 is 27.9. The number of nitrogens with zero attached hydrogens (tertiary/aromatic N) is 2. The van der Waals surface area contributed by atoms with E-state index >= 15 is 0 Å². The standard InChI is InChI=1S/C24H31N3O3S/c1-18-4-7-20(8-5-18)17-26-12-3-13-27(15-14-26)24(28)23-16-22(11-6-19(23)2)31(29,30)25-21-9-10-21/h4-8,11,16,21,25H,3,9-10,12-15,17H2,1-2H3. The topological polar surface area (TPSA) is 69.7 Å². The average Bonchev–Trinajstić information content (AvgIpc) is 3.56. The highest BCUT2D eigenvalue weighted by Gasteiger charge is 2.29. The lowest BCUT2D eigenvalue weighted by molar-refractivity contribution is 0.0760. The van der Waals surface area contributed by atoms with E-state index in [1.807, 2.05) is 11.8 Å². The molecule has 2 aromatic rings. The van der Waals surface area contributed by atoms with E-state index in [2.05, 4.69) is 40.8 Å². The van der Waals surface area contributed by atoms with Gasteiger partial charge in [-0.25, -0.2) is 13.1 Å². The first kappa shape index (κ1) is 22.0. The number of hydrogen-bond donors (Lipinski definition) is 1. The molecule has 2 fully saturated rings. The fourth-order valence-corrected chi connectivity index (χ4v) is 5.27. The Bertz CT molecular complexity index is 1050. The van der Waals surface area contributed by atoms with Gasteiger partial charge in [0.05, 0.1) is 4.90 Å². The number of rotatable bonds is 6. The van der Waals surface area contributed by atoms with Crippen molar-refractivity contribution in [1.82, 2.24) is 14.5 Å². The maximum Gasteiger partial charge on any atom is 0.254 e. The lowest BCUT2D eigenvalue weighted by atomic mass is 10.1. The molecule has 2 aliphatic rings. The van der Waals surface area contributed by atoms with Gasteiger partial charge in [0, 0.05) is 44.3 Å². The van der Waals surface area contributed by atoms with E-state index in [1.54, 1.807) is 12.1 Å². The fraction of sp³-hybridized carbons (Fsp3) is 0.458. The molecule has 1 saturated carbocycles. The Kier molecular flexibility index (Phi) is 6.46. The molecular weight excluding hydrogens is 410 g/mol. The van der Waals surface area contributed by atoms with Crippen LogP contribution in [0.5, 0.6) is 0 Å². The highest BCUT2D eigenvalue weighted by Crippen LogP contribution is 2.24. The van der Waals surface area contributed by atoms with Gasteiger partial charge in [0.25, 0.3) is 5.91 Å². The van der Waals surface area contributed by atoms with Crippen LogP contribution in [0, 0.1) is 13.8 Å². The summed E-state index contributed by atoms with van der Waals surface area (Å²) in [6.45, 7) is 7.89. The lowest BCUT2D eigenvalue weighted by Crippen LogP contribution is -2.35. The van der Waals surface area contributed by atoms with Crippen molar-refractivity contribution in [3.05, 3.63) is 64.7 Å². The molecular formula is C24H31N3O3S. The number of amides is 1. The molecule has 1 amide bonds.